The lowest BCUT2D eigenvalue weighted by atomic mass is 10.1. The topological polar surface area (TPSA) is 72.2 Å². The first-order valence-electron chi connectivity index (χ1n) is 7.97. The molecule has 0 aliphatic heterocycles. The second kappa shape index (κ2) is 6.72. The third kappa shape index (κ3) is 3.41. The molecule has 0 aliphatic carbocycles. The van der Waals surface area contributed by atoms with E-state index >= 15 is 0 Å². The van der Waals surface area contributed by atoms with Crippen LogP contribution in [0, 0.1) is 5.82 Å². The summed E-state index contributed by atoms with van der Waals surface area (Å²) in [5, 5.41) is 10.4. The van der Waals surface area contributed by atoms with E-state index < -0.39 is 0 Å². The van der Waals surface area contributed by atoms with Gasteiger partial charge in [-0.2, -0.15) is 0 Å². The maximum atomic E-state index is 13.2. The van der Waals surface area contributed by atoms with Crippen molar-refractivity contribution >= 4 is 17.4 Å². The molecule has 1 amide bonds. The predicted octanol–water partition coefficient (Wildman–Crippen LogP) is 3.11. The minimum Gasteiger partial charge on any atom is -0.307 e. The van der Waals surface area contributed by atoms with Crippen molar-refractivity contribution in [1.29, 1.82) is 0 Å². The van der Waals surface area contributed by atoms with E-state index in [-0.39, 0.29) is 11.7 Å². The van der Waals surface area contributed by atoms with Crippen LogP contribution in [0.5, 0.6) is 0 Å². The minimum atomic E-state index is -0.272. The number of amides is 1. The van der Waals surface area contributed by atoms with Crippen LogP contribution in [0.2, 0.25) is 0 Å². The van der Waals surface area contributed by atoms with Crippen LogP contribution in [-0.4, -0.2) is 25.5 Å². The molecule has 0 aliphatic rings. The summed E-state index contributed by atoms with van der Waals surface area (Å²) in [6, 6.07) is 13.4. The number of aromatic nitrogens is 4. The Morgan fingerprint density at radius 2 is 2.04 bits per heavy atom. The molecule has 128 valence electrons. The van der Waals surface area contributed by atoms with Gasteiger partial charge in [0, 0.05) is 12.4 Å². The highest BCUT2D eigenvalue weighted by molar-refractivity contribution is 6.03. The number of rotatable bonds is 4. The van der Waals surface area contributed by atoms with E-state index in [0.717, 1.165) is 11.1 Å². The first kappa shape index (κ1) is 15.9. The van der Waals surface area contributed by atoms with Crippen molar-refractivity contribution in [2.75, 3.05) is 5.32 Å². The molecular formula is C19H14FN5O. The molecule has 6 nitrogen and oxygen atoms in total. The number of carbonyl (C=O) groups excluding carboxylic acids is 1. The highest BCUT2D eigenvalue weighted by Gasteiger charge is 2.08. The number of anilines is 1. The lowest BCUT2D eigenvalue weighted by Gasteiger charge is -2.06. The molecule has 0 saturated carbocycles. The van der Waals surface area contributed by atoms with E-state index in [4.69, 9.17) is 0 Å². The zero-order valence-corrected chi connectivity index (χ0v) is 13.6. The van der Waals surface area contributed by atoms with Gasteiger partial charge in [0.2, 0.25) is 0 Å². The van der Waals surface area contributed by atoms with Gasteiger partial charge in [-0.15, -0.1) is 10.2 Å². The number of hydrogen-bond donors (Lipinski definition) is 1. The van der Waals surface area contributed by atoms with E-state index in [0.29, 0.717) is 23.4 Å². The fraction of sp³-hybridized carbons (Fsp3) is 0.0526. The molecule has 4 aromatic rings. The Kier molecular flexibility index (Phi) is 4.10. The molecule has 0 fully saturated rings. The zero-order chi connectivity index (χ0) is 17.9. The van der Waals surface area contributed by atoms with Crippen LogP contribution in [-0.2, 0) is 6.42 Å². The maximum absolute atomic E-state index is 13.2. The maximum Gasteiger partial charge on any atom is 0.258 e. The molecular weight excluding hydrogens is 333 g/mol. The molecule has 7 heteroatoms. The molecule has 3 aromatic heterocycles. The van der Waals surface area contributed by atoms with Crippen molar-refractivity contribution in [3.05, 3.63) is 89.8 Å². The molecule has 1 aromatic carbocycles. The molecule has 3 heterocycles. The lowest BCUT2D eigenvalue weighted by Crippen LogP contribution is -2.13. The second-order valence-corrected chi connectivity index (χ2v) is 5.83. The monoisotopic (exact) mass is 347 g/mol. The SMILES string of the molecule is O=C(Nc1ccc(Cc2cccc(F)c2)cn1)c1ccc2nncn2c1. The summed E-state index contributed by atoms with van der Waals surface area (Å²) in [5.74, 6) is -0.0859. The predicted molar refractivity (Wildman–Crippen MR) is 94.4 cm³/mol. The van der Waals surface area contributed by atoms with E-state index in [9.17, 15) is 9.18 Å². The summed E-state index contributed by atoms with van der Waals surface area (Å²) >= 11 is 0. The Hall–Kier alpha value is -3.61. The van der Waals surface area contributed by atoms with E-state index in [1.807, 2.05) is 12.1 Å². The summed E-state index contributed by atoms with van der Waals surface area (Å²) in [5.41, 5.74) is 2.94. The molecule has 0 saturated heterocycles. The highest BCUT2D eigenvalue weighted by Crippen LogP contribution is 2.13. The number of nitrogens with zero attached hydrogens (tertiary/aromatic N) is 4. The standard InChI is InChI=1S/C19H14FN5O/c20-16-3-1-2-13(9-16)8-14-4-6-17(21-10-14)23-19(26)15-5-7-18-24-22-12-25(18)11-15/h1-7,9-12H,8H2,(H,21,23,26). The summed E-state index contributed by atoms with van der Waals surface area (Å²) in [6.07, 6.45) is 5.43. The van der Waals surface area contributed by atoms with Crippen LogP contribution in [0.25, 0.3) is 5.65 Å². The molecule has 0 spiro atoms. The van der Waals surface area contributed by atoms with Crippen molar-refractivity contribution in [2.24, 2.45) is 0 Å². The van der Waals surface area contributed by atoms with Crippen molar-refractivity contribution in [3.63, 3.8) is 0 Å². The summed E-state index contributed by atoms with van der Waals surface area (Å²) < 4.78 is 14.9. The largest absolute Gasteiger partial charge is 0.307 e. The molecule has 0 unspecified atom stereocenters. The molecule has 1 N–H and O–H groups in total. The molecule has 26 heavy (non-hydrogen) atoms. The van der Waals surface area contributed by atoms with Crippen LogP contribution in [0.3, 0.4) is 0 Å². The molecule has 0 radical (unpaired) electrons. The van der Waals surface area contributed by atoms with Crippen molar-refractivity contribution in [2.45, 2.75) is 6.42 Å². The average molecular weight is 347 g/mol. The van der Waals surface area contributed by atoms with E-state index in [1.54, 1.807) is 41.1 Å². The zero-order valence-electron chi connectivity index (χ0n) is 13.6. The normalized spacial score (nSPS) is 10.8. The van der Waals surface area contributed by atoms with Gasteiger partial charge in [-0.05, 0) is 47.9 Å². The highest BCUT2D eigenvalue weighted by atomic mass is 19.1. The molecule has 4 rings (SSSR count). The van der Waals surface area contributed by atoms with Gasteiger partial charge in [0.05, 0.1) is 5.56 Å². The smallest absolute Gasteiger partial charge is 0.258 e. The fourth-order valence-electron chi connectivity index (χ4n) is 2.64. The summed E-state index contributed by atoms with van der Waals surface area (Å²) in [7, 11) is 0. The number of pyridine rings is 2. The first-order valence-corrected chi connectivity index (χ1v) is 7.97. The number of benzene rings is 1. The van der Waals surface area contributed by atoms with Crippen molar-refractivity contribution in [1.82, 2.24) is 19.6 Å². The minimum absolute atomic E-state index is 0.260. The van der Waals surface area contributed by atoms with Crippen LogP contribution in [0.4, 0.5) is 10.2 Å². The molecule has 0 bridgehead atoms. The lowest BCUT2D eigenvalue weighted by molar-refractivity contribution is 0.102. The third-order valence-electron chi connectivity index (χ3n) is 3.92. The number of halogens is 1. The van der Waals surface area contributed by atoms with Crippen LogP contribution >= 0.6 is 0 Å². The Balaban J connectivity index is 1.45. The summed E-state index contributed by atoms with van der Waals surface area (Å²) in [4.78, 5) is 16.6. The third-order valence-corrected chi connectivity index (χ3v) is 3.92. The summed E-state index contributed by atoms with van der Waals surface area (Å²) in [6.45, 7) is 0. The van der Waals surface area contributed by atoms with E-state index in [1.165, 1.54) is 18.5 Å². The number of carbonyl (C=O) groups is 1. The number of hydrogen-bond acceptors (Lipinski definition) is 4. The second-order valence-electron chi connectivity index (χ2n) is 5.83. The fourth-order valence-corrected chi connectivity index (χ4v) is 2.64. The van der Waals surface area contributed by atoms with Crippen molar-refractivity contribution in [3.8, 4) is 0 Å². The van der Waals surface area contributed by atoms with Crippen LogP contribution in [0.15, 0.2) is 67.3 Å². The average Bonchev–Trinajstić information content (AvgIpc) is 3.11. The Morgan fingerprint density at radius 1 is 1.12 bits per heavy atom. The molecule has 0 atom stereocenters. The van der Waals surface area contributed by atoms with Crippen LogP contribution < -0.4 is 5.32 Å². The van der Waals surface area contributed by atoms with Gasteiger partial charge >= 0.3 is 0 Å². The first-order chi connectivity index (χ1) is 12.7. The van der Waals surface area contributed by atoms with E-state index in [2.05, 4.69) is 20.5 Å². The van der Waals surface area contributed by atoms with Gasteiger partial charge < -0.3 is 5.32 Å². The number of fused-ring (bicyclic) bond motifs is 1. The van der Waals surface area contributed by atoms with Gasteiger partial charge in [-0.3, -0.25) is 9.20 Å². The number of nitrogens with one attached hydrogen (secondary N) is 1. The Bertz CT molecular complexity index is 1070. The van der Waals surface area contributed by atoms with Gasteiger partial charge in [0.1, 0.15) is 18.0 Å². The Labute approximate surface area is 148 Å². The Morgan fingerprint density at radius 3 is 2.85 bits per heavy atom. The van der Waals surface area contributed by atoms with Gasteiger partial charge in [0.15, 0.2) is 5.65 Å². The van der Waals surface area contributed by atoms with Gasteiger partial charge in [0.25, 0.3) is 5.91 Å². The van der Waals surface area contributed by atoms with Crippen LogP contribution in [0.1, 0.15) is 21.5 Å². The van der Waals surface area contributed by atoms with Gasteiger partial charge in [-0.1, -0.05) is 18.2 Å². The quantitative estimate of drug-likeness (QED) is 0.616. The van der Waals surface area contributed by atoms with Gasteiger partial charge in [-0.25, -0.2) is 9.37 Å². The van der Waals surface area contributed by atoms with Crippen molar-refractivity contribution < 1.29 is 9.18 Å².